The third kappa shape index (κ3) is 1.11. The first-order valence-electron chi connectivity index (χ1n) is 4.87. The largest absolute Gasteiger partial charge is 0.291 e. The van der Waals surface area contributed by atoms with Gasteiger partial charge in [0.15, 0.2) is 11.4 Å². The minimum Gasteiger partial charge on any atom is -0.291 e. The van der Waals surface area contributed by atoms with Crippen molar-refractivity contribution in [3.63, 3.8) is 0 Å². The van der Waals surface area contributed by atoms with E-state index in [2.05, 4.69) is 15.3 Å². The number of hydrogen-bond donors (Lipinski definition) is 0. The molecule has 5 heteroatoms. The highest BCUT2D eigenvalue weighted by atomic mass is 16.1. The van der Waals surface area contributed by atoms with E-state index in [1.807, 2.05) is 24.3 Å². The first-order chi connectivity index (χ1) is 7.77. The fourth-order valence-corrected chi connectivity index (χ4v) is 1.71. The Hall–Kier alpha value is -2.30. The van der Waals surface area contributed by atoms with E-state index in [4.69, 9.17) is 0 Å². The van der Waals surface area contributed by atoms with E-state index < -0.39 is 0 Å². The number of ketones is 1. The summed E-state index contributed by atoms with van der Waals surface area (Å²) in [5, 5.41) is 13.9. The Labute approximate surface area is 90.7 Å². The lowest BCUT2D eigenvalue weighted by Gasteiger charge is -1.98. The predicted molar refractivity (Wildman–Crippen MR) is 58.3 cm³/mol. The third-order valence-corrected chi connectivity index (χ3v) is 2.47. The summed E-state index contributed by atoms with van der Waals surface area (Å²) in [4.78, 5) is 11.3. The zero-order valence-electron chi connectivity index (χ0n) is 8.58. The Morgan fingerprint density at radius 1 is 1.25 bits per heavy atom. The molecular weight excluding hydrogens is 204 g/mol. The standard InChI is InChI=1S/C11H8N4O/c1-7(16)10-13-14-11-9-5-3-2-4-8(9)6-12-15(10)11/h2-6H,1H3. The Balaban J connectivity index is 2.49. The molecule has 0 aliphatic heterocycles. The van der Waals surface area contributed by atoms with Gasteiger partial charge in [-0.2, -0.15) is 9.61 Å². The summed E-state index contributed by atoms with van der Waals surface area (Å²) in [7, 11) is 0. The number of Topliss-reactive ketones (excluding diaryl/α,β-unsaturated/α-hetero) is 1. The van der Waals surface area contributed by atoms with Crippen LogP contribution in [0.1, 0.15) is 17.5 Å². The topological polar surface area (TPSA) is 60.2 Å². The van der Waals surface area contributed by atoms with Crippen LogP contribution in [0.15, 0.2) is 30.5 Å². The van der Waals surface area contributed by atoms with Gasteiger partial charge in [-0.05, 0) is 0 Å². The molecule has 0 atom stereocenters. The molecule has 0 saturated carbocycles. The fourth-order valence-electron chi connectivity index (χ4n) is 1.71. The molecule has 0 aliphatic carbocycles. The molecule has 0 spiro atoms. The van der Waals surface area contributed by atoms with Crippen molar-refractivity contribution in [2.24, 2.45) is 0 Å². The van der Waals surface area contributed by atoms with Crippen molar-refractivity contribution in [1.29, 1.82) is 0 Å². The lowest BCUT2D eigenvalue weighted by molar-refractivity contribution is 0.100. The molecule has 0 unspecified atom stereocenters. The molecule has 2 aromatic heterocycles. The van der Waals surface area contributed by atoms with Gasteiger partial charge in [0.2, 0.25) is 5.82 Å². The van der Waals surface area contributed by atoms with Crippen LogP contribution in [0.5, 0.6) is 0 Å². The quantitative estimate of drug-likeness (QED) is 0.573. The van der Waals surface area contributed by atoms with Crippen molar-refractivity contribution in [2.45, 2.75) is 6.92 Å². The van der Waals surface area contributed by atoms with Crippen LogP contribution in [0.25, 0.3) is 16.4 Å². The van der Waals surface area contributed by atoms with Crippen LogP contribution in [0.4, 0.5) is 0 Å². The summed E-state index contributed by atoms with van der Waals surface area (Å²) in [6.07, 6.45) is 1.71. The van der Waals surface area contributed by atoms with E-state index in [1.54, 1.807) is 6.20 Å². The van der Waals surface area contributed by atoms with Crippen molar-refractivity contribution >= 4 is 22.2 Å². The number of rotatable bonds is 1. The van der Waals surface area contributed by atoms with E-state index in [9.17, 15) is 4.79 Å². The summed E-state index contributed by atoms with van der Waals surface area (Å²) >= 11 is 0. The van der Waals surface area contributed by atoms with Crippen LogP contribution in [0.2, 0.25) is 0 Å². The second-order valence-corrected chi connectivity index (χ2v) is 3.55. The first-order valence-corrected chi connectivity index (χ1v) is 4.87. The number of hydrogen-bond acceptors (Lipinski definition) is 4. The SMILES string of the molecule is CC(=O)c1nnc2c3ccccc3cnn12. The maximum absolute atomic E-state index is 11.3. The number of benzene rings is 1. The molecule has 0 aliphatic rings. The maximum Gasteiger partial charge on any atom is 0.220 e. The summed E-state index contributed by atoms with van der Waals surface area (Å²) in [6.45, 7) is 1.45. The molecule has 5 nitrogen and oxygen atoms in total. The molecule has 0 fully saturated rings. The average molecular weight is 212 g/mol. The Kier molecular flexibility index (Phi) is 1.73. The zero-order valence-corrected chi connectivity index (χ0v) is 8.58. The number of aromatic nitrogens is 4. The number of carbonyl (C=O) groups excluding carboxylic acids is 1. The number of carbonyl (C=O) groups is 1. The molecule has 0 N–H and O–H groups in total. The molecule has 3 rings (SSSR count). The van der Waals surface area contributed by atoms with Crippen LogP contribution in [-0.4, -0.2) is 25.6 Å². The minimum atomic E-state index is -0.143. The highest BCUT2D eigenvalue weighted by molar-refractivity contribution is 5.96. The van der Waals surface area contributed by atoms with Gasteiger partial charge in [0, 0.05) is 17.7 Å². The second-order valence-electron chi connectivity index (χ2n) is 3.55. The van der Waals surface area contributed by atoms with Gasteiger partial charge < -0.3 is 0 Å². The van der Waals surface area contributed by atoms with Crippen molar-refractivity contribution in [2.75, 3.05) is 0 Å². The van der Waals surface area contributed by atoms with Gasteiger partial charge in [0.1, 0.15) is 0 Å². The monoisotopic (exact) mass is 212 g/mol. The Morgan fingerprint density at radius 2 is 2.06 bits per heavy atom. The van der Waals surface area contributed by atoms with Crippen molar-refractivity contribution < 1.29 is 4.79 Å². The smallest absolute Gasteiger partial charge is 0.220 e. The van der Waals surface area contributed by atoms with Crippen molar-refractivity contribution in [3.05, 3.63) is 36.3 Å². The molecule has 0 saturated heterocycles. The second kappa shape index (κ2) is 3.10. The molecule has 0 bridgehead atoms. The predicted octanol–water partition coefficient (Wildman–Crippen LogP) is 1.48. The van der Waals surface area contributed by atoms with E-state index >= 15 is 0 Å². The Bertz CT molecular complexity index is 701. The van der Waals surface area contributed by atoms with Gasteiger partial charge in [-0.25, -0.2) is 0 Å². The number of nitrogens with zero attached hydrogens (tertiary/aromatic N) is 4. The zero-order chi connectivity index (χ0) is 11.1. The first kappa shape index (κ1) is 8.96. The molecule has 3 aromatic rings. The summed E-state index contributed by atoms with van der Waals surface area (Å²) in [6, 6.07) is 7.74. The van der Waals surface area contributed by atoms with Crippen LogP contribution < -0.4 is 0 Å². The van der Waals surface area contributed by atoms with Crippen LogP contribution in [0, 0.1) is 0 Å². The molecule has 2 heterocycles. The number of fused-ring (bicyclic) bond motifs is 3. The van der Waals surface area contributed by atoms with Gasteiger partial charge in [0.25, 0.3) is 0 Å². The summed E-state index contributed by atoms with van der Waals surface area (Å²) < 4.78 is 1.48. The lowest BCUT2D eigenvalue weighted by atomic mass is 10.2. The fraction of sp³-hybridized carbons (Fsp3) is 0.0909. The molecule has 78 valence electrons. The van der Waals surface area contributed by atoms with Gasteiger partial charge in [-0.1, -0.05) is 24.3 Å². The van der Waals surface area contributed by atoms with Crippen molar-refractivity contribution in [3.8, 4) is 0 Å². The highest BCUT2D eigenvalue weighted by Gasteiger charge is 2.12. The van der Waals surface area contributed by atoms with Crippen molar-refractivity contribution in [1.82, 2.24) is 19.8 Å². The summed E-state index contributed by atoms with van der Waals surface area (Å²) in [5.74, 6) is 0.121. The molecular formula is C11H8N4O. The van der Waals surface area contributed by atoms with Gasteiger partial charge in [-0.3, -0.25) is 4.79 Å². The van der Waals surface area contributed by atoms with E-state index in [0.717, 1.165) is 10.8 Å². The molecule has 16 heavy (non-hydrogen) atoms. The summed E-state index contributed by atoms with van der Waals surface area (Å²) in [5.41, 5.74) is 0.614. The molecule has 0 amide bonds. The average Bonchev–Trinajstić information content (AvgIpc) is 2.73. The maximum atomic E-state index is 11.3. The van der Waals surface area contributed by atoms with E-state index in [-0.39, 0.29) is 11.6 Å². The highest BCUT2D eigenvalue weighted by Crippen LogP contribution is 2.17. The van der Waals surface area contributed by atoms with Gasteiger partial charge in [0.05, 0.1) is 6.20 Å². The molecule has 1 aromatic carbocycles. The molecule has 0 radical (unpaired) electrons. The van der Waals surface area contributed by atoms with Gasteiger partial charge in [-0.15, -0.1) is 10.2 Å². The van der Waals surface area contributed by atoms with Crippen LogP contribution in [0.3, 0.4) is 0 Å². The van der Waals surface area contributed by atoms with Crippen LogP contribution in [-0.2, 0) is 0 Å². The van der Waals surface area contributed by atoms with Crippen LogP contribution >= 0.6 is 0 Å². The Morgan fingerprint density at radius 3 is 2.88 bits per heavy atom. The normalized spacial score (nSPS) is 11.1. The minimum absolute atomic E-state index is 0.143. The van der Waals surface area contributed by atoms with E-state index in [0.29, 0.717) is 5.65 Å². The lowest BCUT2D eigenvalue weighted by Crippen LogP contribution is -2.03. The third-order valence-electron chi connectivity index (χ3n) is 2.47. The van der Waals surface area contributed by atoms with Gasteiger partial charge >= 0.3 is 0 Å². The van der Waals surface area contributed by atoms with E-state index in [1.165, 1.54) is 11.4 Å².